The van der Waals surface area contributed by atoms with Gasteiger partial charge < -0.3 is 8.92 Å². The maximum atomic E-state index is 11.2. The standard InChI is InChI=1S/C11H13NO6S/c1-2-16-11(13)12-18-19(14,15)17-9-8-10-6-4-3-5-7-10/h3-9H,2H2,1H3,(H,12,13). The summed E-state index contributed by atoms with van der Waals surface area (Å²) >= 11 is 0. The zero-order chi connectivity index (χ0) is 14.1. The second-order valence-corrected chi connectivity index (χ2v) is 4.30. The normalized spacial score (nSPS) is 11.2. The molecule has 1 amide bonds. The molecule has 0 spiro atoms. The minimum atomic E-state index is -4.36. The van der Waals surface area contributed by atoms with Gasteiger partial charge in [-0.1, -0.05) is 30.3 Å². The van der Waals surface area contributed by atoms with Crippen molar-refractivity contribution in [1.29, 1.82) is 0 Å². The summed E-state index contributed by atoms with van der Waals surface area (Å²) in [6, 6.07) is 8.90. The number of ether oxygens (including phenoxy) is 1. The van der Waals surface area contributed by atoms with Crippen LogP contribution in [0.5, 0.6) is 0 Å². The highest BCUT2D eigenvalue weighted by atomic mass is 32.3. The van der Waals surface area contributed by atoms with Crippen molar-refractivity contribution in [2.75, 3.05) is 6.61 Å². The highest BCUT2D eigenvalue weighted by Gasteiger charge is 2.13. The van der Waals surface area contributed by atoms with Gasteiger partial charge in [-0.3, -0.25) is 0 Å². The summed E-state index contributed by atoms with van der Waals surface area (Å²) in [4.78, 5) is 10.8. The molecule has 1 aromatic carbocycles. The summed E-state index contributed by atoms with van der Waals surface area (Å²) in [6.07, 6.45) is 1.32. The van der Waals surface area contributed by atoms with Gasteiger partial charge >= 0.3 is 16.5 Å². The number of carbonyl (C=O) groups is 1. The first-order valence-electron chi connectivity index (χ1n) is 5.29. The molecule has 0 radical (unpaired) electrons. The molecule has 0 heterocycles. The van der Waals surface area contributed by atoms with Gasteiger partial charge in [-0.05, 0) is 18.6 Å². The van der Waals surface area contributed by atoms with E-state index in [-0.39, 0.29) is 6.61 Å². The van der Waals surface area contributed by atoms with E-state index >= 15 is 0 Å². The minimum absolute atomic E-state index is 0.0873. The van der Waals surface area contributed by atoms with Gasteiger partial charge in [0, 0.05) is 0 Å². The summed E-state index contributed by atoms with van der Waals surface area (Å²) in [6.45, 7) is 1.65. The van der Waals surface area contributed by atoms with Crippen molar-refractivity contribution in [2.24, 2.45) is 0 Å². The Morgan fingerprint density at radius 3 is 2.63 bits per heavy atom. The average Bonchev–Trinajstić information content (AvgIpc) is 2.38. The minimum Gasteiger partial charge on any atom is -0.448 e. The third-order valence-corrected chi connectivity index (χ3v) is 2.37. The van der Waals surface area contributed by atoms with E-state index in [4.69, 9.17) is 0 Å². The molecule has 0 aliphatic heterocycles. The Bertz CT molecular complexity index is 525. The Kier molecular flexibility index (Phi) is 5.83. The van der Waals surface area contributed by atoms with Crippen LogP contribution in [-0.4, -0.2) is 21.1 Å². The van der Waals surface area contributed by atoms with E-state index in [1.54, 1.807) is 36.7 Å². The lowest BCUT2D eigenvalue weighted by atomic mass is 10.2. The van der Waals surface area contributed by atoms with Crippen LogP contribution in [-0.2, 0) is 23.6 Å². The average molecular weight is 287 g/mol. The largest absolute Gasteiger partial charge is 0.470 e. The molecule has 0 bridgehead atoms. The van der Waals surface area contributed by atoms with E-state index in [1.807, 2.05) is 6.07 Å². The van der Waals surface area contributed by atoms with Gasteiger partial charge in [0.05, 0.1) is 6.61 Å². The van der Waals surface area contributed by atoms with Crippen LogP contribution in [0, 0.1) is 0 Å². The van der Waals surface area contributed by atoms with Crippen LogP contribution in [0.25, 0.3) is 6.08 Å². The Labute approximate surface area is 111 Å². The van der Waals surface area contributed by atoms with Crippen LogP contribution < -0.4 is 5.48 Å². The quantitative estimate of drug-likeness (QED) is 0.631. The van der Waals surface area contributed by atoms with E-state index in [0.29, 0.717) is 0 Å². The first-order chi connectivity index (χ1) is 9.03. The third kappa shape index (κ3) is 6.43. The smallest absolute Gasteiger partial charge is 0.448 e. The van der Waals surface area contributed by atoms with Gasteiger partial charge in [0.2, 0.25) is 0 Å². The Morgan fingerprint density at radius 2 is 2.00 bits per heavy atom. The van der Waals surface area contributed by atoms with Crippen LogP contribution >= 0.6 is 0 Å². The van der Waals surface area contributed by atoms with Crippen molar-refractivity contribution >= 4 is 22.6 Å². The lowest BCUT2D eigenvalue weighted by molar-refractivity contribution is 0.0991. The first kappa shape index (κ1) is 15.0. The molecule has 0 saturated heterocycles. The number of hydroxylamine groups is 1. The van der Waals surface area contributed by atoms with Gasteiger partial charge in [0.1, 0.15) is 6.26 Å². The summed E-state index contributed by atoms with van der Waals surface area (Å²) in [5.74, 6) is 0. The van der Waals surface area contributed by atoms with Crippen molar-refractivity contribution in [3.8, 4) is 0 Å². The highest BCUT2D eigenvalue weighted by Crippen LogP contribution is 2.03. The number of hydrogen-bond acceptors (Lipinski definition) is 6. The van der Waals surface area contributed by atoms with Gasteiger partial charge in [0.25, 0.3) is 0 Å². The first-order valence-corrected chi connectivity index (χ1v) is 6.63. The van der Waals surface area contributed by atoms with E-state index in [1.165, 1.54) is 6.08 Å². The number of rotatable bonds is 6. The zero-order valence-electron chi connectivity index (χ0n) is 10.1. The van der Waals surface area contributed by atoms with Gasteiger partial charge in [-0.25, -0.2) is 4.79 Å². The summed E-state index contributed by atoms with van der Waals surface area (Å²) in [5, 5.41) is 0. The Balaban J connectivity index is 2.43. The fourth-order valence-electron chi connectivity index (χ4n) is 1.00. The predicted molar refractivity (Wildman–Crippen MR) is 66.7 cm³/mol. The molecule has 19 heavy (non-hydrogen) atoms. The summed E-state index contributed by atoms with van der Waals surface area (Å²) in [7, 11) is -4.36. The molecule has 1 rings (SSSR count). The van der Waals surface area contributed by atoms with Gasteiger partial charge in [0.15, 0.2) is 0 Å². The zero-order valence-corrected chi connectivity index (χ0v) is 10.9. The Morgan fingerprint density at radius 1 is 1.32 bits per heavy atom. The van der Waals surface area contributed by atoms with E-state index < -0.39 is 16.5 Å². The molecule has 0 aliphatic carbocycles. The summed E-state index contributed by atoms with van der Waals surface area (Å²) in [5.41, 5.74) is 2.31. The van der Waals surface area contributed by atoms with E-state index in [2.05, 4.69) is 13.2 Å². The number of nitrogens with one attached hydrogen (secondary N) is 1. The van der Waals surface area contributed by atoms with Crippen molar-refractivity contribution < 1.29 is 26.4 Å². The molecule has 1 N–H and O–H groups in total. The second kappa shape index (κ2) is 7.39. The molecule has 1 aromatic rings. The SMILES string of the molecule is CCOC(=O)NOS(=O)(=O)OC=Cc1ccccc1. The summed E-state index contributed by atoms with van der Waals surface area (Å²) < 4.78 is 35.1. The molecule has 0 saturated carbocycles. The van der Waals surface area contributed by atoms with Crippen molar-refractivity contribution in [3.63, 3.8) is 0 Å². The van der Waals surface area contributed by atoms with Crippen LogP contribution in [0.15, 0.2) is 36.6 Å². The van der Waals surface area contributed by atoms with Gasteiger partial charge in [-0.15, -0.1) is 4.28 Å². The fraction of sp³-hybridized carbons (Fsp3) is 0.182. The maximum absolute atomic E-state index is 11.2. The second-order valence-electron chi connectivity index (χ2n) is 3.12. The van der Waals surface area contributed by atoms with Crippen LogP contribution in [0.1, 0.15) is 12.5 Å². The number of amides is 1. The van der Waals surface area contributed by atoms with Crippen LogP contribution in [0.3, 0.4) is 0 Å². The lowest BCUT2D eigenvalue weighted by Gasteiger charge is -2.04. The molecule has 7 nitrogen and oxygen atoms in total. The lowest BCUT2D eigenvalue weighted by Crippen LogP contribution is -2.28. The maximum Gasteiger partial charge on any atom is 0.470 e. The molecular formula is C11H13NO6S. The Hall–Kier alpha value is -2.06. The number of carbonyl (C=O) groups excluding carboxylic acids is 1. The van der Waals surface area contributed by atoms with Gasteiger partial charge in [-0.2, -0.15) is 13.9 Å². The third-order valence-electron chi connectivity index (χ3n) is 1.74. The molecule has 0 unspecified atom stereocenters. The van der Waals surface area contributed by atoms with E-state index in [0.717, 1.165) is 11.8 Å². The number of benzene rings is 1. The van der Waals surface area contributed by atoms with Crippen molar-refractivity contribution in [2.45, 2.75) is 6.92 Å². The molecule has 0 fully saturated rings. The molecule has 0 aromatic heterocycles. The van der Waals surface area contributed by atoms with E-state index in [9.17, 15) is 13.2 Å². The highest BCUT2D eigenvalue weighted by molar-refractivity contribution is 7.81. The molecule has 0 atom stereocenters. The fourth-order valence-corrected chi connectivity index (χ4v) is 1.40. The van der Waals surface area contributed by atoms with Crippen molar-refractivity contribution in [3.05, 3.63) is 42.2 Å². The van der Waals surface area contributed by atoms with Crippen LogP contribution in [0.2, 0.25) is 0 Å². The molecular weight excluding hydrogens is 274 g/mol. The number of hydrogen-bond donors (Lipinski definition) is 1. The predicted octanol–water partition coefficient (Wildman–Crippen LogP) is 1.60. The van der Waals surface area contributed by atoms with Crippen molar-refractivity contribution in [1.82, 2.24) is 5.48 Å². The van der Waals surface area contributed by atoms with Crippen LogP contribution in [0.4, 0.5) is 4.79 Å². The monoisotopic (exact) mass is 287 g/mol. The molecule has 8 heteroatoms. The topological polar surface area (TPSA) is 90.9 Å². The molecule has 104 valence electrons. The molecule has 0 aliphatic rings.